The molecule has 4 rings (SSSR count). The number of hydrogen-bond acceptors (Lipinski definition) is 4. The number of fused-ring (bicyclic) bond motifs is 1. The standard InChI is InChI=1S/C16H16N4O2/c1-22-16(21)13-6-17-20(8-13)10-14-9-19-7-12(11-2-3-11)4-5-15(19)18-14/h4-9,11H,2-3,10H2,1H3. The van der Waals surface area contributed by atoms with Gasteiger partial charge in [0, 0.05) is 18.6 Å². The molecule has 22 heavy (non-hydrogen) atoms. The van der Waals surface area contributed by atoms with Crippen LogP contribution in [0.5, 0.6) is 0 Å². The predicted octanol–water partition coefficient (Wildman–Crippen LogP) is 2.24. The largest absolute Gasteiger partial charge is 0.465 e. The number of imidazole rings is 1. The van der Waals surface area contributed by atoms with Crippen molar-refractivity contribution in [3.05, 3.63) is 53.7 Å². The zero-order valence-electron chi connectivity index (χ0n) is 12.3. The Morgan fingerprint density at radius 2 is 2.18 bits per heavy atom. The molecule has 0 aromatic carbocycles. The number of carbonyl (C=O) groups excluding carboxylic acids is 1. The molecule has 1 saturated carbocycles. The molecule has 0 amide bonds. The van der Waals surface area contributed by atoms with Crippen LogP contribution < -0.4 is 0 Å². The average molecular weight is 296 g/mol. The van der Waals surface area contributed by atoms with Crippen LogP contribution in [0, 0.1) is 0 Å². The number of methoxy groups -OCH3 is 1. The normalized spacial score (nSPS) is 14.4. The summed E-state index contributed by atoms with van der Waals surface area (Å²) in [6, 6.07) is 4.22. The minimum Gasteiger partial charge on any atom is -0.465 e. The molecule has 6 heteroatoms. The second-order valence-electron chi connectivity index (χ2n) is 5.65. The maximum absolute atomic E-state index is 11.4. The Morgan fingerprint density at radius 3 is 2.95 bits per heavy atom. The van der Waals surface area contributed by atoms with Crippen molar-refractivity contribution in [1.29, 1.82) is 0 Å². The molecular formula is C16H16N4O2. The molecule has 0 aliphatic heterocycles. The van der Waals surface area contributed by atoms with Crippen molar-refractivity contribution >= 4 is 11.6 Å². The highest BCUT2D eigenvalue weighted by molar-refractivity contribution is 5.88. The molecule has 0 bridgehead atoms. The number of nitrogens with zero attached hydrogens (tertiary/aromatic N) is 4. The van der Waals surface area contributed by atoms with Gasteiger partial charge < -0.3 is 9.14 Å². The van der Waals surface area contributed by atoms with E-state index in [1.54, 1.807) is 10.9 Å². The van der Waals surface area contributed by atoms with Crippen molar-refractivity contribution in [3.63, 3.8) is 0 Å². The Balaban J connectivity index is 1.58. The summed E-state index contributed by atoms with van der Waals surface area (Å²) in [5.74, 6) is 0.347. The van der Waals surface area contributed by atoms with Gasteiger partial charge in [0.05, 0.1) is 31.1 Å². The first-order valence-corrected chi connectivity index (χ1v) is 7.31. The first-order valence-electron chi connectivity index (χ1n) is 7.31. The maximum Gasteiger partial charge on any atom is 0.341 e. The van der Waals surface area contributed by atoms with E-state index < -0.39 is 0 Å². The molecule has 3 heterocycles. The third-order valence-corrected chi connectivity index (χ3v) is 3.95. The molecular weight excluding hydrogens is 280 g/mol. The van der Waals surface area contributed by atoms with Gasteiger partial charge >= 0.3 is 5.97 Å². The van der Waals surface area contributed by atoms with E-state index in [9.17, 15) is 4.79 Å². The second kappa shape index (κ2) is 4.98. The van der Waals surface area contributed by atoms with Gasteiger partial charge in [-0.2, -0.15) is 5.10 Å². The summed E-state index contributed by atoms with van der Waals surface area (Å²) in [6.45, 7) is 0.525. The van der Waals surface area contributed by atoms with Crippen LogP contribution >= 0.6 is 0 Å². The van der Waals surface area contributed by atoms with Crippen molar-refractivity contribution in [1.82, 2.24) is 19.2 Å². The Hall–Kier alpha value is -2.63. The maximum atomic E-state index is 11.4. The first kappa shape index (κ1) is 13.1. The minimum atomic E-state index is -0.379. The number of hydrogen-bond donors (Lipinski definition) is 0. The molecule has 0 atom stereocenters. The highest BCUT2D eigenvalue weighted by atomic mass is 16.5. The van der Waals surface area contributed by atoms with Crippen molar-refractivity contribution in [2.24, 2.45) is 0 Å². The summed E-state index contributed by atoms with van der Waals surface area (Å²) in [7, 11) is 1.36. The summed E-state index contributed by atoms with van der Waals surface area (Å²) in [5.41, 5.74) is 3.66. The van der Waals surface area contributed by atoms with Gasteiger partial charge in [-0.05, 0) is 30.4 Å². The molecule has 3 aromatic heterocycles. The first-order chi connectivity index (χ1) is 10.7. The predicted molar refractivity (Wildman–Crippen MR) is 79.8 cm³/mol. The Kier molecular flexibility index (Phi) is 2.96. The number of esters is 1. The molecule has 0 N–H and O–H groups in total. The molecule has 0 saturated heterocycles. The Labute approximate surface area is 127 Å². The fourth-order valence-electron chi connectivity index (χ4n) is 2.64. The number of rotatable bonds is 4. The minimum absolute atomic E-state index is 0.379. The van der Waals surface area contributed by atoms with Crippen LogP contribution in [0.3, 0.4) is 0 Å². The molecule has 3 aromatic rings. The van der Waals surface area contributed by atoms with E-state index in [0.717, 1.165) is 17.3 Å². The van der Waals surface area contributed by atoms with Crippen molar-refractivity contribution in [2.75, 3.05) is 7.11 Å². The molecule has 6 nitrogen and oxygen atoms in total. The lowest BCUT2D eigenvalue weighted by atomic mass is 10.2. The Bertz CT molecular complexity index is 845. The van der Waals surface area contributed by atoms with Crippen LogP contribution in [0.4, 0.5) is 0 Å². The SMILES string of the molecule is COC(=O)c1cnn(Cc2cn3cc(C4CC4)ccc3n2)c1. The molecule has 0 spiro atoms. The van der Waals surface area contributed by atoms with Gasteiger partial charge in [-0.3, -0.25) is 4.68 Å². The number of carbonyl (C=O) groups is 1. The van der Waals surface area contributed by atoms with E-state index in [-0.39, 0.29) is 5.97 Å². The Morgan fingerprint density at radius 1 is 1.32 bits per heavy atom. The molecule has 1 fully saturated rings. The fourth-order valence-corrected chi connectivity index (χ4v) is 2.64. The zero-order valence-corrected chi connectivity index (χ0v) is 12.3. The van der Waals surface area contributed by atoms with Crippen LogP contribution in [-0.2, 0) is 11.3 Å². The van der Waals surface area contributed by atoms with Crippen LogP contribution in [0.1, 0.15) is 40.4 Å². The summed E-state index contributed by atoms with van der Waals surface area (Å²) in [6.07, 6.45) is 9.93. The summed E-state index contributed by atoms with van der Waals surface area (Å²) in [4.78, 5) is 16.0. The molecule has 0 unspecified atom stereocenters. The average Bonchev–Trinajstić information content (AvgIpc) is 3.15. The third-order valence-electron chi connectivity index (χ3n) is 3.95. The molecule has 1 aliphatic rings. The lowest BCUT2D eigenvalue weighted by Gasteiger charge is -1.98. The van der Waals surface area contributed by atoms with E-state index in [1.165, 1.54) is 31.7 Å². The van der Waals surface area contributed by atoms with Gasteiger partial charge in [0.25, 0.3) is 0 Å². The van der Waals surface area contributed by atoms with E-state index in [0.29, 0.717) is 12.1 Å². The molecule has 1 aliphatic carbocycles. The second-order valence-corrected chi connectivity index (χ2v) is 5.65. The van der Waals surface area contributed by atoms with Gasteiger partial charge in [-0.15, -0.1) is 0 Å². The van der Waals surface area contributed by atoms with Gasteiger partial charge in [-0.1, -0.05) is 6.07 Å². The number of ether oxygens (including phenoxy) is 1. The van der Waals surface area contributed by atoms with E-state index >= 15 is 0 Å². The van der Waals surface area contributed by atoms with E-state index in [4.69, 9.17) is 0 Å². The quantitative estimate of drug-likeness (QED) is 0.693. The third kappa shape index (κ3) is 2.36. The van der Waals surface area contributed by atoms with Gasteiger partial charge in [0.2, 0.25) is 0 Å². The summed E-state index contributed by atoms with van der Waals surface area (Å²) in [5, 5.41) is 4.17. The van der Waals surface area contributed by atoms with E-state index in [1.807, 2.05) is 6.20 Å². The van der Waals surface area contributed by atoms with Crippen LogP contribution in [0.25, 0.3) is 5.65 Å². The molecule has 0 radical (unpaired) electrons. The van der Waals surface area contributed by atoms with Gasteiger partial charge in [-0.25, -0.2) is 9.78 Å². The van der Waals surface area contributed by atoms with Crippen LogP contribution in [0.2, 0.25) is 0 Å². The summed E-state index contributed by atoms with van der Waals surface area (Å²) >= 11 is 0. The highest BCUT2D eigenvalue weighted by Gasteiger charge is 2.23. The van der Waals surface area contributed by atoms with Crippen molar-refractivity contribution in [2.45, 2.75) is 25.3 Å². The van der Waals surface area contributed by atoms with Crippen LogP contribution in [-0.4, -0.2) is 32.2 Å². The zero-order chi connectivity index (χ0) is 15.1. The summed E-state index contributed by atoms with van der Waals surface area (Å²) < 4.78 is 8.43. The monoisotopic (exact) mass is 296 g/mol. The topological polar surface area (TPSA) is 61.4 Å². The van der Waals surface area contributed by atoms with Crippen LogP contribution in [0.15, 0.2) is 36.9 Å². The highest BCUT2D eigenvalue weighted by Crippen LogP contribution is 2.39. The van der Waals surface area contributed by atoms with Gasteiger partial charge in [0.15, 0.2) is 0 Å². The molecule has 112 valence electrons. The number of pyridine rings is 1. The van der Waals surface area contributed by atoms with Crippen molar-refractivity contribution < 1.29 is 9.53 Å². The lowest BCUT2D eigenvalue weighted by Crippen LogP contribution is -2.01. The van der Waals surface area contributed by atoms with Gasteiger partial charge in [0.1, 0.15) is 5.65 Å². The van der Waals surface area contributed by atoms with Crippen molar-refractivity contribution in [3.8, 4) is 0 Å². The van der Waals surface area contributed by atoms with E-state index in [2.05, 4.69) is 37.5 Å². The lowest BCUT2D eigenvalue weighted by molar-refractivity contribution is 0.0600. The smallest absolute Gasteiger partial charge is 0.341 e. The number of aromatic nitrogens is 4. The fraction of sp³-hybridized carbons (Fsp3) is 0.312.